The molecule has 4 heteroatoms. The summed E-state index contributed by atoms with van der Waals surface area (Å²) >= 11 is 12.0. The molecule has 0 saturated carbocycles. The molecule has 1 aliphatic carbocycles. The predicted octanol–water partition coefficient (Wildman–Crippen LogP) is 5.44. The Labute approximate surface area is 139 Å². The maximum Gasteiger partial charge on any atom is 0.158 e. The number of ketones is 1. The number of hydrogen-bond acceptors (Lipinski definition) is 2. The molecule has 0 aliphatic heterocycles. The summed E-state index contributed by atoms with van der Waals surface area (Å²) in [5, 5.41) is 4.40. The van der Waals surface area contributed by atoms with E-state index in [0.717, 1.165) is 17.8 Å². The number of rotatable bonds is 3. The van der Waals surface area contributed by atoms with Crippen LogP contribution in [0.25, 0.3) is 0 Å². The van der Waals surface area contributed by atoms with Crippen LogP contribution in [0, 0.1) is 0 Å². The summed E-state index contributed by atoms with van der Waals surface area (Å²) < 4.78 is 0. The minimum Gasteiger partial charge on any atom is -0.359 e. The number of halogens is 2. The van der Waals surface area contributed by atoms with Crippen molar-refractivity contribution in [3.8, 4) is 0 Å². The molecule has 1 atom stereocenters. The fraction of sp³-hybridized carbons (Fsp3) is 0.167. The Bertz CT molecular complexity index is 705. The van der Waals surface area contributed by atoms with Crippen LogP contribution in [0.1, 0.15) is 24.3 Å². The van der Waals surface area contributed by atoms with E-state index in [9.17, 15) is 4.79 Å². The first kappa shape index (κ1) is 15.1. The van der Waals surface area contributed by atoms with Gasteiger partial charge in [0.2, 0.25) is 0 Å². The fourth-order valence-corrected chi connectivity index (χ4v) is 3.28. The molecule has 0 bridgehead atoms. The van der Waals surface area contributed by atoms with E-state index in [0.29, 0.717) is 16.5 Å². The number of benzene rings is 2. The van der Waals surface area contributed by atoms with E-state index in [-0.39, 0.29) is 11.7 Å². The van der Waals surface area contributed by atoms with E-state index < -0.39 is 0 Å². The lowest BCUT2D eigenvalue weighted by molar-refractivity contribution is -0.115. The van der Waals surface area contributed by atoms with Crippen LogP contribution in [0.2, 0.25) is 10.0 Å². The van der Waals surface area contributed by atoms with Gasteiger partial charge in [0.1, 0.15) is 0 Å². The molecule has 3 rings (SSSR count). The van der Waals surface area contributed by atoms with E-state index in [1.807, 2.05) is 18.2 Å². The van der Waals surface area contributed by atoms with Gasteiger partial charge in [-0.1, -0.05) is 53.5 Å². The summed E-state index contributed by atoms with van der Waals surface area (Å²) in [7, 11) is 0. The standard InChI is InChI=1S/C18H15Cl2NO/c19-14-8-15(20)10-17(9-14)21-16-6-13(7-18(22)11-16)12-4-2-1-3-5-12/h1-5,8-11,13,21H,6-7H2/t13-/m0/s1. The van der Waals surface area contributed by atoms with Gasteiger partial charge in [0.25, 0.3) is 0 Å². The quantitative estimate of drug-likeness (QED) is 0.811. The van der Waals surface area contributed by atoms with E-state index in [1.54, 1.807) is 24.3 Å². The van der Waals surface area contributed by atoms with Crippen LogP contribution in [0.15, 0.2) is 60.3 Å². The molecule has 22 heavy (non-hydrogen) atoms. The number of anilines is 1. The van der Waals surface area contributed by atoms with Crippen LogP contribution in [-0.2, 0) is 4.79 Å². The van der Waals surface area contributed by atoms with Crippen molar-refractivity contribution < 1.29 is 4.79 Å². The molecule has 2 nitrogen and oxygen atoms in total. The van der Waals surface area contributed by atoms with Gasteiger partial charge >= 0.3 is 0 Å². The fourth-order valence-electron chi connectivity index (χ4n) is 2.75. The van der Waals surface area contributed by atoms with E-state index in [2.05, 4.69) is 17.4 Å². The molecular weight excluding hydrogens is 317 g/mol. The smallest absolute Gasteiger partial charge is 0.158 e. The summed E-state index contributed by atoms with van der Waals surface area (Å²) in [6, 6.07) is 15.4. The SMILES string of the molecule is O=C1C=C(Nc2cc(Cl)cc(Cl)c2)C[C@H](c2ccccc2)C1. The molecule has 0 fully saturated rings. The number of carbonyl (C=O) groups is 1. The zero-order chi connectivity index (χ0) is 15.5. The van der Waals surface area contributed by atoms with E-state index in [4.69, 9.17) is 23.2 Å². The van der Waals surface area contributed by atoms with Crippen LogP contribution in [-0.4, -0.2) is 5.78 Å². The van der Waals surface area contributed by atoms with Crippen LogP contribution in [0.4, 0.5) is 5.69 Å². The molecule has 1 N–H and O–H groups in total. The van der Waals surface area contributed by atoms with Crippen molar-refractivity contribution >= 4 is 34.7 Å². The highest BCUT2D eigenvalue weighted by Gasteiger charge is 2.22. The minimum absolute atomic E-state index is 0.135. The first-order valence-corrected chi connectivity index (χ1v) is 7.87. The lowest BCUT2D eigenvalue weighted by Crippen LogP contribution is -2.16. The molecule has 0 aromatic heterocycles. The Morgan fingerprint density at radius 3 is 2.32 bits per heavy atom. The second kappa shape index (κ2) is 6.55. The Hall–Kier alpha value is -1.77. The van der Waals surface area contributed by atoms with Crippen molar-refractivity contribution in [2.24, 2.45) is 0 Å². The molecule has 0 radical (unpaired) electrons. The molecule has 112 valence electrons. The highest BCUT2D eigenvalue weighted by atomic mass is 35.5. The van der Waals surface area contributed by atoms with Crippen LogP contribution < -0.4 is 5.32 Å². The van der Waals surface area contributed by atoms with Crippen molar-refractivity contribution in [1.29, 1.82) is 0 Å². The topological polar surface area (TPSA) is 29.1 Å². The normalized spacial score (nSPS) is 18.0. The van der Waals surface area contributed by atoms with Crippen molar-refractivity contribution in [3.63, 3.8) is 0 Å². The van der Waals surface area contributed by atoms with Gasteiger partial charge in [-0.3, -0.25) is 4.79 Å². The largest absolute Gasteiger partial charge is 0.359 e. The summed E-state index contributed by atoms with van der Waals surface area (Å²) in [5.74, 6) is 0.339. The van der Waals surface area contributed by atoms with Crippen LogP contribution in [0.3, 0.4) is 0 Å². The van der Waals surface area contributed by atoms with Crippen molar-refractivity contribution in [2.45, 2.75) is 18.8 Å². The van der Waals surface area contributed by atoms with Crippen molar-refractivity contribution in [3.05, 3.63) is 75.9 Å². The third-order valence-corrected chi connectivity index (χ3v) is 4.12. The van der Waals surface area contributed by atoms with Gasteiger partial charge in [0.05, 0.1) is 0 Å². The van der Waals surface area contributed by atoms with Crippen LogP contribution >= 0.6 is 23.2 Å². The maximum absolute atomic E-state index is 12.0. The van der Waals surface area contributed by atoms with Gasteiger partial charge in [0, 0.05) is 33.9 Å². The summed E-state index contributed by atoms with van der Waals surface area (Å²) in [6.07, 6.45) is 3.01. The van der Waals surface area contributed by atoms with Gasteiger partial charge in [-0.15, -0.1) is 0 Å². The van der Waals surface area contributed by atoms with Gasteiger partial charge in [-0.05, 0) is 36.1 Å². The van der Waals surface area contributed by atoms with Crippen LogP contribution in [0.5, 0.6) is 0 Å². The monoisotopic (exact) mass is 331 g/mol. The summed E-state index contributed by atoms with van der Waals surface area (Å²) in [5.41, 5.74) is 2.88. The molecule has 0 saturated heterocycles. The van der Waals surface area contributed by atoms with Gasteiger partial charge < -0.3 is 5.32 Å². The van der Waals surface area contributed by atoms with Gasteiger partial charge in [0.15, 0.2) is 5.78 Å². The molecule has 0 amide bonds. The third-order valence-electron chi connectivity index (χ3n) is 3.69. The number of allylic oxidation sites excluding steroid dienone is 2. The van der Waals surface area contributed by atoms with Crippen molar-refractivity contribution in [1.82, 2.24) is 0 Å². The zero-order valence-electron chi connectivity index (χ0n) is 11.9. The summed E-state index contributed by atoms with van der Waals surface area (Å²) in [6.45, 7) is 0. The molecule has 1 aliphatic rings. The second-order valence-electron chi connectivity index (χ2n) is 5.43. The Balaban J connectivity index is 1.80. The molecule has 0 unspecified atom stereocenters. The highest BCUT2D eigenvalue weighted by Crippen LogP contribution is 2.32. The van der Waals surface area contributed by atoms with Crippen molar-refractivity contribution in [2.75, 3.05) is 5.32 Å². The molecule has 2 aromatic rings. The molecule has 0 spiro atoms. The predicted molar refractivity (Wildman–Crippen MR) is 91.6 cm³/mol. The Morgan fingerprint density at radius 2 is 1.64 bits per heavy atom. The minimum atomic E-state index is 0.135. The van der Waals surface area contributed by atoms with Gasteiger partial charge in [-0.2, -0.15) is 0 Å². The third kappa shape index (κ3) is 3.70. The van der Waals surface area contributed by atoms with E-state index >= 15 is 0 Å². The van der Waals surface area contributed by atoms with Gasteiger partial charge in [-0.25, -0.2) is 0 Å². The zero-order valence-corrected chi connectivity index (χ0v) is 13.4. The van der Waals surface area contributed by atoms with E-state index in [1.165, 1.54) is 5.56 Å². The number of hydrogen-bond donors (Lipinski definition) is 1. The average Bonchev–Trinajstić information content (AvgIpc) is 2.46. The molecule has 0 heterocycles. The Morgan fingerprint density at radius 1 is 0.955 bits per heavy atom. The second-order valence-corrected chi connectivity index (χ2v) is 6.31. The lowest BCUT2D eigenvalue weighted by Gasteiger charge is -2.23. The molecular formula is C18H15Cl2NO. The molecule has 2 aromatic carbocycles. The average molecular weight is 332 g/mol. The number of carbonyl (C=O) groups excluding carboxylic acids is 1. The Kier molecular flexibility index (Phi) is 4.51. The number of nitrogens with one attached hydrogen (secondary N) is 1. The summed E-state index contributed by atoms with van der Waals surface area (Å²) in [4.78, 5) is 12.0. The first-order chi connectivity index (χ1) is 10.6. The highest BCUT2D eigenvalue weighted by molar-refractivity contribution is 6.35. The maximum atomic E-state index is 12.0. The lowest BCUT2D eigenvalue weighted by atomic mass is 9.85. The first-order valence-electron chi connectivity index (χ1n) is 7.11.